The smallest absolute Gasteiger partial charge is 0.251 e. The van der Waals surface area contributed by atoms with E-state index in [1.807, 2.05) is 38.1 Å². The van der Waals surface area contributed by atoms with Gasteiger partial charge in [-0.05, 0) is 65.8 Å². The van der Waals surface area contributed by atoms with E-state index in [-0.39, 0.29) is 5.91 Å². The Labute approximate surface area is 128 Å². The second kappa shape index (κ2) is 6.48. The summed E-state index contributed by atoms with van der Waals surface area (Å²) in [6.07, 6.45) is 0. The zero-order chi connectivity index (χ0) is 16.3. The van der Waals surface area contributed by atoms with E-state index in [0.29, 0.717) is 5.56 Å². The van der Waals surface area contributed by atoms with Gasteiger partial charge in [-0.2, -0.15) is 0 Å². The van der Waals surface area contributed by atoms with Crippen molar-refractivity contribution in [2.24, 2.45) is 0 Å². The normalized spacial score (nSPS) is 12.1. The molecule has 1 aromatic carbocycles. The SMILES string of the molecule is CCN(CC)c1ccc(C(=O)NC(C)(C)C(C)(C)O)cc1. The molecule has 21 heavy (non-hydrogen) atoms. The van der Waals surface area contributed by atoms with E-state index >= 15 is 0 Å². The number of aliphatic hydroxyl groups is 1. The number of benzene rings is 1. The summed E-state index contributed by atoms with van der Waals surface area (Å²) in [5.74, 6) is -0.173. The third-order valence-corrected chi connectivity index (χ3v) is 4.21. The summed E-state index contributed by atoms with van der Waals surface area (Å²) in [7, 11) is 0. The number of nitrogens with one attached hydrogen (secondary N) is 1. The quantitative estimate of drug-likeness (QED) is 0.847. The summed E-state index contributed by atoms with van der Waals surface area (Å²) in [6.45, 7) is 13.1. The third-order valence-electron chi connectivity index (χ3n) is 4.21. The highest BCUT2D eigenvalue weighted by molar-refractivity contribution is 5.95. The minimum absolute atomic E-state index is 0.173. The van der Waals surface area contributed by atoms with Gasteiger partial charge in [0, 0.05) is 24.3 Å². The highest BCUT2D eigenvalue weighted by Crippen LogP contribution is 2.21. The van der Waals surface area contributed by atoms with E-state index in [1.165, 1.54) is 0 Å². The zero-order valence-electron chi connectivity index (χ0n) is 14.0. The molecule has 0 aliphatic rings. The Hall–Kier alpha value is -1.55. The maximum absolute atomic E-state index is 12.3. The molecule has 0 fully saturated rings. The minimum Gasteiger partial charge on any atom is -0.388 e. The van der Waals surface area contributed by atoms with Gasteiger partial charge in [0.15, 0.2) is 0 Å². The molecule has 1 aromatic rings. The molecule has 0 atom stereocenters. The van der Waals surface area contributed by atoms with Crippen LogP contribution >= 0.6 is 0 Å². The summed E-state index contributed by atoms with van der Waals surface area (Å²) in [4.78, 5) is 14.5. The van der Waals surface area contributed by atoms with Crippen molar-refractivity contribution < 1.29 is 9.90 Å². The van der Waals surface area contributed by atoms with E-state index in [9.17, 15) is 9.90 Å². The fourth-order valence-electron chi connectivity index (χ4n) is 1.92. The number of nitrogens with zero attached hydrogens (tertiary/aromatic N) is 1. The number of hydrogen-bond acceptors (Lipinski definition) is 3. The summed E-state index contributed by atoms with van der Waals surface area (Å²) < 4.78 is 0. The topological polar surface area (TPSA) is 52.6 Å². The van der Waals surface area contributed by atoms with Gasteiger partial charge in [-0.3, -0.25) is 4.79 Å². The lowest BCUT2D eigenvalue weighted by Crippen LogP contribution is -2.57. The Bertz CT molecular complexity index is 469. The Balaban J connectivity index is 2.85. The van der Waals surface area contributed by atoms with Crippen molar-refractivity contribution in [3.05, 3.63) is 29.8 Å². The van der Waals surface area contributed by atoms with Crippen molar-refractivity contribution in [2.75, 3.05) is 18.0 Å². The summed E-state index contributed by atoms with van der Waals surface area (Å²) in [5.41, 5.74) is 0.00682. The van der Waals surface area contributed by atoms with Crippen molar-refractivity contribution in [1.29, 1.82) is 0 Å². The molecule has 0 bridgehead atoms. The van der Waals surface area contributed by atoms with Crippen LogP contribution in [0.15, 0.2) is 24.3 Å². The van der Waals surface area contributed by atoms with Crippen LogP contribution in [0, 0.1) is 0 Å². The maximum Gasteiger partial charge on any atom is 0.251 e. The first-order valence-corrected chi connectivity index (χ1v) is 7.52. The van der Waals surface area contributed by atoms with E-state index < -0.39 is 11.1 Å². The molecule has 4 nitrogen and oxygen atoms in total. The molecule has 0 saturated carbocycles. The molecule has 0 aliphatic heterocycles. The standard InChI is InChI=1S/C17H28N2O2/c1-7-19(8-2)14-11-9-13(10-12-14)15(20)18-16(3,4)17(5,6)21/h9-12,21H,7-8H2,1-6H3,(H,18,20). The average Bonchev–Trinajstić information content (AvgIpc) is 2.39. The van der Waals surface area contributed by atoms with Crippen LogP contribution in [0.3, 0.4) is 0 Å². The fourth-order valence-corrected chi connectivity index (χ4v) is 1.92. The number of anilines is 1. The first-order chi connectivity index (χ1) is 9.62. The highest BCUT2D eigenvalue weighted by atomic mass is 16.3. The van der Waals surface area contributed by atoms with Gasteiger partial charge in [-0.25, -0.2) is 0 Å². The van der Waals surface area contributed by atoms with Gasteiger partial charge in [0.2, 0.25) is 0 Å². The van der Waals surface area contributed by atoms with Crippen molar-refractivity contribution in [3.63, 3.8) is 0 Å². The Morgan fingerprint density at radius 2 is 1.57 bits per heavy atom. The number of rotatable bonds is 6. The van der Waals surface area contributed by atoms with Crippen molar-refractivity contribution >= 4 is 11.6 Å². The molecule has 4 heteroatoms. The van der Waals surface area contributed by atoms with Gasteiger partial charge in [-0.15, -0.1) is 0 Å². The molecular weight excluding hydrogens is 264 g/mol. The molecule has 0 radical (unpaired) electrons. The minimum atomic E-state index is -0.996. The number of carbonyl (C=O) groups is 1. The van der Waals surface area contributed by atoms with Gasteiger partial charge in [0.05, 0.1) is 11.1 Å². The van der Waals surface area contributed by atoms with Crippen LogP contribution in [0.25, 0.3) is 0 Å². The van der Waals surface area contributed by atoms with Crippen LogP contribution in [0.2, 0.25) is 0 Å². The zero-order valence-corrected chi connectivity index (χ0v) is 14.0. The average molecular weight is 292 g/mol. The fraction of sp³-hybridized carbons (Fsp3) is 0.588. The van der Waals surface area contributed by atoms with Crippen LogP contribution < -0.4 is 10.2 Å². The third kappa shape index (κ3) is 4.21. The Kier molecular flexibility index (Phi) is 5.40. The maximum atomic E-state index is 12.3. The summed E-state index contributed by atoms with van der Waals surface area (Å²) in [6, 6.07) is 7.56. The monoisotopic (exact) mass is 292 g/mol. The largest absolute Gasteiger partial charge is 0.388 e. The first-order valence-electron chi connectivity index (χ1n) is 7.52. The molecule has 1 rings (SSSR count). The Morgan fingerprint density at radius 1 is 1.10 bits per heavy atom. The molecule has 0 spiro atoms. The Morgan fingerprint density at radius 3 is 1.95 bits per heavy atom. The van der Waals surface area contributed by atoms with E-state index in [0.717, 1.165) is 18.8 Å². The lowest BCUT2D eigenvalue weighted by Gasteiger charge is -2.38. The predicted octanol–water partition coefficient (Wildman–Crippen LogP) is 2.81. The lowest BCUT2D eigenvalue weighted by molar-refractivity contribution is -0.00292. The van der Waals surface area contributed by atoms with Gasteiger partial charge in [-0.1, -0.05) is 0 Å². The number of carbonyl (C=O) groups excluding carboxylic acids is 1. The number of hydrogen-bond donors (Lipinski definition) is 2. The second-order valence-corrected chi connectivity index (χ2v) is 6.36. The van der Waals surface area contributed by atoms with Crippen LogP contribution in [-0.2, 0) is 0 Å². The molecule has 0 heterocycles. The van der Waals surface area contributed by atoms with E-state index in [2.05, 4.69) is 24.1 Å². The molecule has 0 saturated heterocycles. The van der Waals surface area contributed by atoms with Crippen LogP contribution in [0.4, 0.5) is 5.69 Å². The van der Waals surface area contributed by atoms with E-state index in [1.54, 1.807) is 13.8 Å². The van der Waals surface area contributed by atoms with Crippen molar-refractivity contribution in [3.8, 4) is 0 Å². The summed E-state index contributed by atoms with van der Waals surface area (Å²) >= 11 is 0. The van der Waals surface area contributed by atoms with Gasteiger partial charge >= 0.3 is 0 Å². The summed E-state index contributed by atoms with van der Waals surface area (Å²) in [5, 5.41) is 13.0. The molecule has 2 N–H and O–H groups in total. The molecule has 1 amide bonds. The molecule has 0 aliphatic carbocycles. The predicted molar refractivity (Wildman–Crippen MR) is 87.8 cm³/mol. The molecule has 118 valence electrons. The second-order valence-electron chi connectivity index (χ2n) is 6.36. The molecule has 0 aromatic heterocycles. The lowest BCUT2D eigenvalue weighted by atomic mass is 9.86. The first kappa shape index (κ1) is 17.5. The van der Waals surface area contributed by atoms with Gasteiger partial charge in [0.25, 0.3) is 5.91 Å². The molecule has 0 unspecified atom stereocenters. The number of amides is 1. The van der Waals surface area contributed by atoms with Gasteiger partial charge in [0.1, 0.15) is 0 Å². The van der Waals surface area contributed by atoms with Crippen molar-refractivity contribution in [1.82, 2.24) is 5.32 Å². The van der Waals surface area contributed by atoms with Crippen LogP contribution in [0.5, 0.6) is 0 Å². The molecular formula is C17H28N2O2. The van der Waals surface area contributed by atoms with Gasteiger partial charge < -0.3 is 15.3 Å². The van der Waals surface area contributed by atoms with E-state index in [4.69, 9.17) is 0 Å². The van der Waals surface area contributed by atoms with Crippen LogP contribution in [0.1, 0.15) is 51.9 Å². The van der Waals surface area contributed by atoms with Crippen LogP contribution in [-0.4, -0.2) is 35.2 Å². The van der Waals surface area contributed by atoms with Crippen molar-refractivity contribution in [2.45, 2.75) is 52.7 Å². The highest BCUT2D eigenvalue weighted by Gasteiger charge is 2.36.